The zero-order chi connectivity index (χ0) is 15.7. The van der Waals surface area contributed by atoms with Crippen molar-refractivity contribution in [2.75, 3.05) is 18.6 Å². The zero-order valence-electron chi connectivity index (χ0n) is 13.3. The number of aromatic nitrogens is 2. The van der Waals surface area contributed by atoms with Gasteiger partial charge in [-0.05, 0) is 56.5 Å². The molecule has 0 atom stereocenters. The molecule has 0 bridgehead atoms. The van der Waals surface area contributed by atoms with E-state index >= 15 is 0 Å². The fourth-order valence-electron chi connectivity index (χ4n) is 3.01. The first-order valence-electron chi connectivity index (χ1n) is 7.57. The van der Waals surface area contributed by atoms with Gasteiger partial charge in [-0.25, -0.2) is 0 Å². The average molecular weight is 299 g/mol. The first kappa shape index (κ1) is 14.6. The third kappa shape index (κ3) is 2.71. The van der Waals surface area contributed by atoms with Gasteiger partial charge in [-0.15, -0.1) is 0 Å². The number of aryl methyl sites for hydroxylation is 3. The first-order valence-corrected chi connectivity index (χ1v) is 7.57. The minimum Gasteiger partial charge on any atom is -0.497 e. The first-order chi connectivity index (χ1) is 10.6. The van der Waals surface area contributed by atoms with Gasteiger partial charge in [0.1, 0.15) is 12.3 Å². The molecule has 1 aromatic heterocycles. The molecule has 0 unspecified atom stereocenters. The van der Waals surface area contributed by atoms with Gasteiger partial charge < -0.3 is 9.64 Å². The molecule has 0 N–H and O–H groups in total. The molecule has 0 saturated heterocycles. The maximum Gasteiger partial charge on any atom is 0.248 e. The minimum atomic E-state index is 0.0808. The number of carbonyl (C=O) groups is 1. The van der Waals surface area contributed by atoms with E-state index in [9.17, 15) is 4.79 Å². The second kappa shape index (κ2) is 5.83. The molecule has 0 aliphatic carbocycles. The Morgan fingerprint density at radius 2 is 2.14 bits per heavy atom. The number of benzene rings is 1. The van der Waals surface area contributed by atoms with Gasteiger partial charge >= 0.3 is 0 Å². The van der Waals surface area contributed by atoms with Crippen LogP contribution in [0.1, 0.15) is 23.4 Å². The summed E-state index contributed by atoms with van der Waals surface area (Å²) in [6.45, 7) is 4.96. The summed E-state index contributed by atoms with van der Waals surface area (Å²) in [5.74, 6) is 0.920. The van der Waals surface area contributed by atoms with Crippen molar-refractivity contribution in [3.8, 4) is 5.75 Å². The van der Waals surface area contributed by atoms with Crippen LogP contribution in [-0.4, -0.2) is 29.3 Å². The van der Waals surface area contributed by atoms with Crippen LogP contribution in [0.25, 0.3) is 0 Å². The Kier molecular flexibility index (Phi) is 3.88. The number of fused-ring (bicyclic) bond motifs is 1. The van der Waals surface area contributed by atoms with Crippen LogP contribution in [0.5, 0.6) is 5.75 Å². The molecule has 5 nitrogen and oxygen atoms in total. The van der Waals surface area contributed by atoms with Gasteiger partial charge in [0, 0.05) is 17.9 Å². The van der Waals surface area contributed by atoms with Gasteiger partial charge in [0.2, 0.25) is 5.91 Å². The summed E-state index contributed by atoms with van der Waals surface area (Å²) >= 11 is 0. The highest BCUT2D eigenvalue weighted by atomic mass is 16.5. The molecule has 3 rings (SSSR count). The van der Waals surface area contributed by atoms with E-state index in [1.807, 2.05) is 43.0 Å². The standard InChI is InChI=1S/C17H21N3O2/c1-12-9-13(2)20(18-12)11-17(21)19-8-4-5-14-10-15(22-3)6-7-16(14)19/h6-7,9-10H,4-5,8,11H2,1-3H3. The maximum atomic E-state index is 12.7. The summed E-state index contributed by atoms with van der Waals surface area (Å²) in [7, 11) is 1.66. The summed E-state index contributed by atoms with van der Waals surface area (Å²) in [6, 6.07) is 7.90. The lowest BCUT2D eigenvalue weighted by molar-refractivity contribution is -0.119. The lowest BCUT2D eigenvalue weighted by Crippen LogP contribution is -2.38. The number of anilines is 1. The Morgan fingerprint density at radius 1 is 1.32 bits per heavy atom. The van der Waals surface area contributed by atoms with E-state index in [0.717, 1.165) is 42.2 Å². The molecule has 1 aliphatic heterocycles. The molecule has 0 saturated carbocycles. The Morgan fingerprint density at radius 3 is 2.82 bits per heavy atom. The topological polar surface area (TPSA) is 47.4 Å². The minimum absolute atomic E-state index is 0.0808. The molecule has 0 spiro atoms. The second-order valence-electron chi connectivity index (χ2n) is 5.73. The van der Waals surface area contributed by atoms with Crippen LogP contribution in [0, 0.1) is 13.8 Å². The Labute approximate surface area is 130 Å². The summed E-state index contributed by atoms with van der Waals surface area (Å²) in [5, 5.41) is 4.38. The van der Waals surface area contributed by atoms with Gasteiger partial charge in [0.25, 0.3) is 0 Å². The van der Waals surface area contributed by atoms with Gasteiger partial charge in [-0.1, -0.05) is 0 Å². The molecule has 116 valence electrons. The highest BCUT2D eigenvalue weighted by Crippen LogP contribution is 2.30. The quantitative estimate of drug-likeness (QED) is 0.875. The average Bonchev–Trinajstić information content (AvgIpc) is 2.83. The van der Waals surface area contributed by atoms with Crippen molar-refractivity contribution in [1.29, 1.82) is 0 Å². The highest BCUT2D eigenvalue weighted by Gasteiger charge is 2.23. The summed E-state index contributed by atoms with van der Waals surface area (Å²) in [6.07, 6.45) is 1.96. The SMILES string of the molecule is COc1ccc2c(c1)CCCN2C(=O)Cn1nc(C)cc1C. The molecule has 5 heteroatoms. The zero-order valence-corrected chi connectivity index (χ0v) is 13.3. The largest absolute Gasteiger partial charge is 0.497 e. The third-order valence-electron chi connectivity index (χ3n) is 4.09. The van der Waals surface area contributed by atoms with E-state index < -0.39 is 0 Å². The number of methoxy groups -OCH3 is 1. The maximum absolute atomic E-state index is 12.7. The van der Waals surface area contributed by atoms with E-state index in [1.54, 1.807) is 11.8 Å². The summed E-state index contributed by atoms with van der Waals surface area (Å²) in [4.78, 5) is 14.5. The Bertz CT molecular complexity index is 706. The van der Waals surface area contributed by atoms with E-state index in [2.05, 4.69) is 5.10 Å². The van der Waals surface area contributed by atoms with Crippen LogP contribution in [0.4, 0.5) is 5.69 Å². The van der Waals surface area contributed by atoms with Crippen molar-refractivity contribution in [2.24, 2.45) is 0 Å². The van der Waals surface area contributed by atoms with Crippen molar-refractivity contribution in [2.45, 2.75) is 33.2 Å². The molecule has 22 heavy (non-hydrogen) atoms. The van der Waals surface area contributed by atoms with Crippen molar-refractivity contribution in [3.63, 3.8) is 0 Å². The number of hydrogen-bond donors (Lipinski definition) is 0. The molecular formula is C17H21N3O2. The number of carbonyl (C=O) groups excluding carboxylic acids is 1. The molecule has 1 aromatic carbocycles. The van der Waals surface area contributed by atoms with Gasteiger partial charge in [-0.3, -0.25) is 9.48 Å². The fraction of sp³-hybridized carbons (Fsp3) is 0.412. The second-order valence-corrected chi connectivity index (χ2v) is 5.73. The summed E-state index contributed by atoms with van der Waals surface area (Å²) < 4.78 is 7.05. The lowest BCUT2D eigenvalue weighted by Gasteiger charge is -2.30. The molecular weight excluding hydrogens is 278 g/mol. The lowest BCUT2D eigenvalue weighted by atomic mass is 10.0. The highest BCUT2D eigenvalue weighted by molar-refractivity contribution is 5.94. The van der Waals surface area contributed by atoms with Crippen LogP contribution in [0.15, 0.2) is 24.3 Å². The van der Waals surface area contributed by atoms with E-state index in [1.165, 1.54) is 5.56 Å². The predicted octanol–water partition coefficient (Wildman–Crippen LogP) is 2.49. The van der Waals surface area contributed by atoms with Gasteiger partial charge in [0.15, 0.2) is 0 Å². The predicted molar refractivity (Wildman–Crippen MR) is 85.4 cm³/mol. The van der Waals surface area contributed by atoms with Crippen LogP contribution in [0.2, 0.25) is 0 Å². The van der Waals surface area contributed by atoms with E-state index in [-0.39, 0.29) is 12.5 Å². The number of ether oxygens (including phenoxy) is 1. The molecule has 0 radical (unpaired) electrons. The number of amides is 1. The van der Waals surface area contributed by atoms with Crippen LogP contribution < -0.4 is 9.64 Å². The van der Waals surface area contributed by atoms with Gasteiger partial charge in [-0.2, -0.15) is 5.10 Å². The molecule has 0 fully saturated rings. The van der Waals surface area contributed by atoms with Crippen LogP contribution >= 0.6 is 0 Å². The smallest absolute Gasteiger partial charge is 0.248 e. The van der Waals surface area contributed by atoms with E-state index in [0.29, 0.717) is 0 Å². The number of rotatable bonds is 3. The van der Waals surface area contributed by atoms with Crippen molar-refractivity contribution >= 4 is 11.6 Å². The fourth-order valence-corrected chi connectivity index (χ4v) is 3.01. The Hall–Kier alpha value is -2.30. The van der Waals surface area contributed by atoms with Crippen molar-refractivity contribution in [1.82, 2.24) is 9.78 Å². The number of nitrogens with zero attached hydrogens (tertiary/aromatic N) is 3. The summed E-state index contributed by atoms with van der Waals surface area (Å²) in [5.41, 5.74) is 4.12. The molecule has 2 heterocycles. The molecule has 1 amide bonds. The molecule has 2 aromatic rings. The van der Waals surface area contributed by atoms with Crippen LogP contribution in [-0.2, 0) is 17.8 Å². The normalized spacial score (nSPS) is 13.9. The monoisotopic (exact) mass is 299 g/mol. The van der Waals surface area contributed by atoms with Gasteiger partial charge in [0.05, 0.1) is 12.8 Å². The number of hydrogen-bond acceptors (Lipinski definition) is 3. The Balaban J connectivity index is 1.84. The van der Waals surface area contributed by atoms with Crippen LogP contribution in [0.3, 0.4) is 0 Å². The third-order valence-corrected chi connectivity index (χ3v) is 4.09. The van der Waals surface area contributed by atoms with Crippen molar-refractivity contribution in [3.05, 3.63) is 41.2 Å². The van der Waals surface area contributed by atoms with E-state index in [4.69, 9.17) is 4.74 Å². The van der Waals surface area contributed by atoms with Crippen molar-refractivity contribution < 1.29 is 9.53 Å². The molecule has 1 aliphatic rings.